The van der Waals surface area contributed by atoms with Gasteiger partial charge in [-0.3, -0.25) is 4.99 Å². The van der Waals surface area contributed by atoms with E-state index >= 15 is 0 Å². The molecule has 0 aliphatic carbocycles. The van der Waals surface area contributed by atoms with Gasteiger partial charge >= 0.3 is 0 Å². The Morgan fingerprint density at radius 3 is 2.84 bits per heavy atom. The maximum Gasteiger partial charge on any atom is 0.155 e. The molecule has 3 nitrogen and oxygen atoms in total. The largest absolute Gasteiger partial charge is 0.302 e. The van der Waals surface area contributed by atoms with Gasteiger partial charge in [0.2, 0.25) is 0 Å². The monoisotopic (exact) mass is 255 g/mol. The van der Waals surface area contributed by atoms with Crippen LogP contribution in [0.5, 0.6) is 0 Å². The fraction of sp³-hybridized carbons (Fsp3) is 0.375. The fourth-order valence-corrected chi connectivity index (χ4v) is 1.95. The van der Waals surface area contributed by atoms with Gasteiger partial charge in [-0.2, -0.15) is 0 Å². The minimum absolute atomic E-state index is 0.165. The van der Waals surface area contributed by atoms with Crippen LogP contribution in [-0.4, -0.2) is 21.3 Å². The van der Waals surface area contributed by atoms with Crippen LogP contribution in [0.25, 0.3) is 6.20 Å². The van der Waals surface area contributed by atoms with E-state index in [1.165, 1.54) is 5.69 Å². The van der Waals surface area contributed by atoms with Crippen LogP contribution in [0.4, 0.5) is 0 Å². The van der Waals surface area contributed by atoms with Crippen molar-refractivity contribution < 1.29 is 0 Å². The molecule has 19 heavy (non-hydrogen) atoms. The molecule has 1 aromatic heterocycles. The lowest BCUT2D eigenvalue weighted by Crippen LogP contribution is -2.11. The second-order valence-electron chi connectivity index (χ2n) is 5.34. The molecule has 0 fully saturated rings. The minimum Gasteiger partial charge on any atom is -0.302 e. The summed E-state index contributed by atoms with van der Waals surface area (Å²) in [4.78, 5) is 8.96. The molecule has 2 heterocycles. The molecule has 0 aromatic carbocycles. The summed E-state index contributed by atoms with van der Waals surface area (Å²) < 4.78 is 2.11. The van der Waals surface area contributed by atoms with Crippen molar-refractivity contribution in [1.29, 1.82) is 0 Å². The van der Waals surface area contributed by atoms with Crippen LogP contribution in [0.15, 0.2) is 41.6 Å². The first-order valence-electron chi connectivity index (χ1n) is 6.65. The summed E-state index contributed by atoms with van der Waals surface area (Å²) in [5.41, 5.74) is 1.01. The van der Waals surface area contributed by atoms with Crippen molar-refractivity contribution in [3.8, 4) is 0 Å². The smallest absolute Gasteiger partial charge is 0.155 e. The average molecular weight is 255 g/mol. The summed E-state index contributed by atoms with van der Waals surface area (Å²) in [7, 11) is 0. The van der Waals surface area contributed by atoms with Crippen molar-refractivity contribution in [1.82, 2.24) is 9.55 Å². The van der Waals surface area contributed by atoms with Crippen molar-refractivity contribution in [2.75, 3.05) is 0 Å². The molecule has 1 aromatic rings. The highest BCUT2D eigenvalue weighted by Gasteiger charge is 2.17. The first-order chi connectivity index (χ1) is 9.03. The third-order valence-corrected chi connectivity index (χ3v) is 3.17. The Kier molecular flexibility index (Phi) is 3.84. The fourth-order valence-electron chi connectivity index (χ4n) is 1.95. The van der Waals surface area contributed by atoms with Crippen LogP contribution < -0.4 is 0 Å². The van der Waals surface area contributed by atoms with Crippen LogP contribution in [0.2, 0.25) is 0 Å². The summed E-state index contributed by atoms with van der Waals surface area (Å²) in [5, 5.41) is 0. The molecule has 1 aliphatic rings. The zero-order valence-corrected chi connectivity index (χ0v) is 12.0. The summed E-state index contributed by atoms with van der Waals surface area (Å²) in [6.07, 6.45) is 16.3. The second-order valence-corrected chi connectivity index (χ2v) is 5.34. The molecule has 0 bridgehead atoms. The predicted molar refractivity (Wildman–Crippen MR) is 81.6 cm³/mol. The highest BCUT2D eigenvalue weighted by Crippen LogP contribution is 2.22. The molecule has 0 saturated heterocycles. The van der Waals surface area contributed by atoms with Crippen molar-refractivity contribution in [3.05, 3.63) is 48.1 Å². The van der Waals surface area contributed by atoms with Gasteiger partial charge in [-0.25, -0.2) is 4.98 Å². The van der Waals surface area contributed by atoms with Crippen molar-refractivity contribution >= 4 is 12.4 Å². The molecule has 2 rings (SSSR count). The highest BCUT2D eigenvalue weighted by molar-refractivity contribution is 5.78. The van der Waals surface area contributed by atoms with Gasteiger partial charge in [0.05, 0.1) is 11.8 Å². The number of hydrogen-bond donors (Lipinski definition) is 0. The number of rotatable bonds is 3. The van der Waals surface area contributed by atoms with E-state index in [-0.39, 0.29) is 5.54 Å². The van der Waals surface area contributed by atoms with E-state index in [0.717, 1.165) is 5.82 Å². The third-order valence-electron chi connectivity index (χ3n) is 3.17. The van der Waals surface area contributed by atoms with E-state index in [4.69, 9.17) is 0 Å². The second kappa shape index (κ2) is 5.39. The Balaban J connectivity index is 2.32. The molecule has 0 radical (unpaired) electrons. The zero-order chi connectivity index (χ0) is 13.9. The van der Waals surface area contributed by atoms with Gasteiger partial charge < -0.3 is 4.57 Å². The summed E-state index contributed by atoms with van der Waals surface area (Å²) in [6.45, 7) is 8.36. The third kappa shape index (κ3) is 3.11. The summed E-state index contributed by atoms with van der Waals surface area (Å²) in [6, 6.07) is 0. The van der Waals surface area contributed by atoms with E-state index in [1.54, 1.807) is 0 Å². The highest BCUT2D eigenvalue weighted by atomic mass is 15.1. The van der Waals surface area contributed by atoms with E-state index in [1.807, 2.05) is 31.5 Å². The number of nitrogens with zero attached hydrogens (tertiary/aromatic N) is 3. The molecular weight excluding hydrogens is 234 g/mol. The standard InChI is InChI=1S/C16H21N3/c1-5-6-7-8-13(2)14-11-17-15-12-18-16(3,4)9-10-19(14)15/h5-13H,1-4H3/b6-5-,8-7-. The first-order valence-corrected chi connectivity index (χ1v) is 6.65. The van der Waals surface area contributed by atoms with Crippen LogP contribution >= 0.6 is 0 Å². The molecule has 0 amide bonds. The Labute approximate surface area is 115 Å². The Morgan fingerprint density at radius 2 is 2.11 bits per heavy atom. The van der Waals surface area contributed by atoms with Crippen LogP contribution in [0.3, 0.4) is 0 Å². The van der Waals surface area contributed by atoms with E-state index < -0.39 is 0 Å². The van der Waals surface area contributed by atoms with Gasteiger partial charge in [-0.05, 0) is 26.8 Å². The number of allylic oxidation sites excluding steroid dienone is 4. The molecule has 1 aliphatic heterocycles. The zero-order valence-electron chi connectivity index (χ0n) is 12.0. The molecule has 1 unspecified atom stereocenters. The normalized spacial score (nSPS) is 18.9. The summed E-state index contributed by atoms with van der Waals surface area (Å²) in [5.74, 6) is 1.21. The number of aromatic nitrogens is 2. The lowest BCUT2D eigenvalue weighted by Gasteiger charge is -2.12. The lowest BCUT2D eigenvalue weighted by atomic mass is 10.1. The molecule has 0 saturated carbocycles. The van der Waals surface area contributed by atoms with Gasteiger partial charge in [0, 0.05) is 24.0 Å². The SMILES string of the molecule is C/C=C\C=C/C(C)c1cnc2n1C=CC(C)(C)N=C2. The van der Waals surface area contributed by atoms with Crippen molar-refractivity contribution in [2.24, 2.45) is 4.99 Å². The Hall–Kier alpha value is -1.90. The Bertz CT molecular complexity index is 557. The number of aliphatic imine (C=N–C) groups is 1. The van der Waals surface area contributed by atoms with E-state index in [0.29, 0.717) is 5.92 Å². The van der Waals surface area contributed by atoms with Gasteiger partial charge in [0.1, 0.15) is 0 Å². The molecule has 3 heteroatoms. The van der Waals surface area contributed by atoms with Gasteiger partial charge in [-0.1, -0.05) is 31.2 Å². The molecule has 0 spiro atoms. The van der Waals surface area contributed by atoms with Crippen molar-refractivity contribution in [2.45, 2.75) is 39.2 Å². The van der Waals surface area contributed by atoms with Gasteiger partial charge in [0.15, 0.2) is 5.82 Å². The topological polar surface area (TPSA) is 30.2 Å². The Morgan fingerprint density at radius 1 is 1.32 bits per heavy atom. The maximum absolute atomic E-state index is 4.52. The number of hydrogen-bond acceptors (Lipinski definition) is 2. The van der Waals surface area contributed by atoms with E-state index in [9.17, 15) is 0 Å². The molecular formula is C16H21N3. The van der Waals surface area contributed by atoms with E-state index in [2.05, 4.69) is 59.7 Å². The number of imidazole rings is 1. The first kappa shape index (κ1) is 13.5. The molecule has 100 valence electrons. The van der Waals surface area contributed by atoms with Crippen LogP contribution in [-0.2, 0) is 0 Å². The van der Waals surface area contributed by atoms with Gasteiger partial charge in [0.25, 0.3) is 0 Å². The van der Waals surface area contributed by atoms with Crippen LogP contribution in [0, 0.1) is 0 Å². The molecule has 0 N–H and O–H groups in total. The minimum atomic E-state index is -0.165. The van der Waals surface area contributed by atoms with Crippen molar-refractivity contribution in [3.63, 3.8) is 0 Å². The predicted octanol–water partition coefficient (Wildman–Crippen LogP) is 3.80. The quantitative estimate of drug-likeness (QED) is 0.755. The van der Waals surface area contributed by atoms with Gasteiger partial charge in [-0.15, -0.1) is 0 Å². The number of fused-ring (bicyclic) bond motifs is 1. The van der Waals surface area contributed by atoms with Crippen LogP contribution in [0.1, 0.15) is 45.1 Å². The average Bonchev–Trinajstić information content (AvgIpc) is 2.71. The maximum atomic E-state index is 4.52. The lowest BCUT2D eigenvalue weighted by molar-refractivity contribution is 0.664. The summed E-state index contributed by atoms with van der Waals surface area (Å²) >= 11 is 0. The molecule has 1 atom stereocenters.